The lowest BCUT2D eigenvalue weighted by Gasteiger charge is -2.26. The molecule has 1 atom stereocenters. The maximum Gasteiger partial charge on any atom is 0.0122 e. The SMILES string of the molecule is CNC(C)(C)CCC(C)C(C)C. The van der Waals surface area contributed by atoms with Gasteiger partial charge in [-0.3, -0.25) is 0 Å². The summed E-state index contributed by atoms with van der Waals surface area (Å²) in [6.07, 6.45) is 2.59. The summed E-state index contributed by atoms with van der Waals surface area (Å²) in [6.45, 7) is 11.5. The normalized spacial score (nSPS) is 15.2. The third-order valence-corrected chi connectivity index (χ3v) is 3.04. The molecule has 1 N–H and O–H groups in total. The average molecular weight is 171 g/mol. The maximum atomic E-state index is 3.34. The first kappa shape index (κ1) is 12.0. The van der Waals surface area contributed by atoms with E-state index < -0.39 is 0 Å². The van der Waals surface area contributed by atoms with Crippen LogP contribution < -0.4 is 5.32 Å². The van der Waals surface area contributed by atoms with Crippen LogP contribution in [-0.4, -0.2) is 12.6 Å². The predicted molar refractivity (Wildman–Crippen MR) is 56.4 cm³/mol. The van der Waals surface area contributed by atoms with Crippen molar-refractivity contribution >= 4 is 0 Å². The van der Waals surface area contributed by atoms with Gasteiger partial charge >= 0.3 is 0 Å². The molecule has 1 unspecified atom stereocenters. The van der Waals surface area contributed by atoms with Gasteiger partial charge in [-0.2, -0.15) is 0 Å². The topological polar surface area (TPSA) is 12.0 Å². The van der Waals surface area contributed by atoms with Crippen LogP contribution in [0.3, 0.4) is 0 Å². The monoisotopic (exact) mass is 171 g/mol. The molecule has 0 rings (SSSR count). The summed E-state index contributed by atoms with van der Waals surface area (Å²) >= 11 is 0. The van der Waals surface area contributed by atoms with Gasteiger partial charge < -0.3 is 5.32 Å². The summed E-state index contributed by atoms with van der Waals surface area (Å²) in [4.78, 5) is 0. The minimum atomic E-state index is 0.309. The molecule has 0 fully saturated rings. The molecule has 0 heterocycles. The lowest BCUT2D eigenvalue weighted by molar-refractivity contribution is 0.309. The van der Waals surface area contributed by atoms with E-state index in [2.05, 4.69) is 39.9 Å². The molecule has 0 aliphatic heterocycles. The Bertz CT molecular complexity index is 116. The first-order valence-corrected chi connectivity index (χ1v) is 5.08. The van der Waals surface area contributed by atoms with E-state index in [0.717, 1.165) is 11.8 Å². The fourth-order valence-corrected chi connectivity index (χ4v) is 1.05. The molecule has 0 aromatic rings. The third kappa shape index (κ3) is 4.76. The molecule has 1 heteroatoms. The molecule has 0 radical (unpaired) electrons. The second-order valence-electron chi connectivity index (χ2n) is 4.89. The van der Waals surface area contributed by atoms with Crippen LogP contribution in [0.25, 0.3) is 0 Å². The van der Waals surface area contributed by atoms with Gasteiger partial charge in [0.15, 0.2) is 0 Å². The molecule has 0 bridgehead atoms. The molecule has 0 saturated carbocycles. The molecule has 1 nitrogen and oxygen atoms in total. The minimum absolute atomic E-state index is 0.309. The summed E-state index contributed by atoms with van der Waals surface area (Å²) in [5.41, 5.74) is 0.309. The highest BCUT2D eigenvalue weighted by Gasteiger charge is 2.16. The van der Waals surface area contributed by atoms with E-state index >= 15 is 0 Å². The Balaban J connectivity index is 3.67. The highest BCUT2D eigenvalue weighted by atomic mass is 14.9. The van der Waals surface area contributed by atoms with Crippen molar-refractivity contribution in [3.63, 3.8) is 0 Å². The van der Waals surface area contributed by atoms with E-state index in [-0.39, 0.29) is 0 Å². The molecule has 0 aliphatic rings. The van der Waals surface area contributed by atoms with Crippen molar-refractivity contribution in [1.29, 1.82) is 0 Å². The summed E-state index contributed by atoms with van der Waals surface area (Å²) < 4.78 is 0. The van der Waals surface area contributed by atoms with Crippen LogP contribution in [0, 0.1) is 11.8 Å². The smallest absolute Gasteiger partial charge is 0.0122 e. The Morgan fingerprint density at radius 3 is 2.00 bits per heavy atom. The van der Waals surface area contributed by atoms with Crippen molar-refractivity contribution in [3.05, 3.63) is 0 Å². The molecule has 12 heavy (non-hydrogen) atoms. The average Bonchev–Trinajstić information content (AvgIpc) is 2.00. The second-order valence-corrected chi connectivity index (χ2v) is 4.89. The van der Waals surface area contributed by atoms with Crippen LogP contribution in [0.1, 0.15) is 47.5 Å². The van der Waals surface area contributed by atoms with Gasteiger partial charge in [0.1, 0.15) is 0 Å². The lowest BCUT2D eigenvalue weighted by Crippen LogP contribution is -2.36. The highest BCUT2D eigenvalue weighted by molar-refractivity contribution is 4.76. The second kappa shape index (κ2) is 4.86. The molecule has 0 amide bonds. The van der Waals surface area contributed by atoms with Gasteiger partial charge in [0.05, 0.1) is 0 Å². The molecule has 0 aromatic carbocycles. The molecule has 0 aliphatic carbocycles. The van der Waals surface area contributed by atoms with E-state index in [9.17, 15) is 0 Å². The number of nitrogens with one attached hydrogen (secondary N) is 1. The van der Waals surface area contributed by atoms with Crippen molar-refractivity contribution in [2.45, 2.75) is 53.0 Å². The van der Waals surface area contributed by atoms with E-state index in [1.807, 2.05) is 7.05 Å². The van der Waals surface area contributed by atoms with Crippen molar-refractivity contribution in [1.82, 2.24) is 5.32 Å². The quantitative estimate of drug-likeness (QED) is 0.670. The van der Waals surface area contributed by atoms with Crippen molar-refractivity contribution in [3.8, 4) is 0 Å². The third-order valence-electron chi connectivity index (χ3n) is 3.04. The fraction of sp³-hybridized carbons (Fsp3) is 1.00. The fourth-order valence-electron chi connectivity index (χ4n) is 1.05. The zero-order valence-corrected chi connectivity index (χ0v) is 9.57. The van der Waals surface area contributed by atoms with Gasteiger partial charge in [-0.05, 0) is 45.6 Å². The van der Waals surface area contributed by atoms with Crippen LogP contribution >= 0.6 is 0 Å². The van der Waals surface area contributed by atoms with Crippen LogP contribution in [-0.2, 0) is 0 Å². The van der Waals surface area contributed by atoms with E-state index in [1.54, 1.807) is 0 Å². The van der Waals surface area contributed by atoms with Gasteiger partial charge in [-0.15, -0.1) is 0 Å². The number of hydrogen-bond donors (Lipinski definition) is 1. The van der Waals surface area contributed by atoms with Gasteiger partial charge in [0.2, 0.25) is 0 Å². The Labute approximate surface area is 77.9 Å². The van der Waals surface area contributed by atoms with Crippen molar-refractivity contribution in [2.24, 2.45) is 11.8 Å². The van der Waals surface area contributed by atoms with Crippen LogP contribution in [0.5, 0.6) is 0 Å². The Morgan fingerprint density at radius 1 is 1.17 bits per heavy atom. The van der Waals surface area contributed by atoms with Crippen LogP contribution in [0.4, 0.5) is 0 Å². The first-order chi connectivity index (χ1) is 5.39. The number of rotatable bonds is 5. The Kier molecular flexibility index (Phi) is 4.84. The first-order valence-electron chi connectivity index (χ1n) is 5.08. The number of hydrogen-bond acceptors (Lipinski definition) is 1. The largest absolute Gasteiger partial charge is 0.315 e. The van der Waals surface area contributed by atoms with Crippen LogP contribution in [0.15, 0.2) is 0 Å². The van der Waals surface area contributed by atoms with Crippen molar-refractivity contribution < 1.29 is 0 Å². The minimum Gasteiger partial charge on any atom is -0.315 e. The van der Waals surface area contributed by atoms with Crippen LogP contribution in [0.2, 0.25) is 0 Å². The van der Waals surface area contributed by atoms with Gasteiger partial charge in [0, 0.05) is 5.54 Å². The van der Waals surface area contributed by atoms with E-state index in [0.29, 0.717) is 5.54 Å². The molecule has 0 spiro atoms. The molecule has 0 aromatic heterocycles. The summed E-state index contributed by atoms with van der Waals surface area (Å²) in [7, 11) is 2.04. The van der Waals surface area contributed by atoms with Gasteiger partial charge in [0.25, 0.3) is 0 Å². The molecular weight excluding hydrogens is 146 g/mol. The maximum absolute atomic E-state index is 3.34. The highest BCUT2D eigenvalue weighted by Crippen LogP contribution is 2.20. The summed E-state index contributed by atoms with van der Waals surface area (Å²) in [5, 5.41) is 3.34. The Morgan fingerprint density at radius 2 is 1.67 bits per heavy atom. The zero-order chi connectivity index (χ0) is 9.78. The van der Waals surface area contributed by atoms with Gasteiger partial charge in [-0.25, -0.2) is 0 Å². The van der Waals surface area contributed by atoms with Gasteiger partial charge in [-0.1, -0.05) is 20.8 Å². The van der Waals surface area contributed by atoms with E-state index in [1.165, 1.54) is 12.8 Å². The standard InChI is InChI=1S/C11H25N/c1-9(2)10(3)7-8-11(4,5)12-6/h9-10,12H,7-8H2,1-6H3. The molecular formula is C11H25N. The summed E-state index contributed by atoms with van der Waals surface area (Å²) in [5.74, 6) is 1.66. The summed E-state index contributed by atoms with van der Waals surface area (Å²) in [6, 6.07) is 0. The van der Waals surface area contributed by atoms with E-state index in [4.69, 9.17) is 0 Å². The molecule has 74 valence electrons. The van der Waals surface area contributed by atoms with Crippen molar-refractivity contribution in [2.75, 3.05) is 7.05 Å². The Hall–Kier alpha value is -0.0400. The molecule has 0 saturated heterocycles. The zero-order valence-electron chi connectivity index (χ0n) is 9.57. The predicted octanol–water partition coefficient (Wildman–Crippen LogP) is 3.06. The lowest BCUT2D eigenvalue weighted by atomic mass is 9.87.